The molecule has 1 fully saturated rings. The van der Waals surface area contributed by atoms with E-state index in [9.17, 15) is 10.2 Å². The summed E-state index contributed by atoms with van der Waals surface area (Å²) in [6, 6.07) is 24.9. The number of aliphatic hydroxyl groups is 2. The molecule has 1 aliphatic rings. The predicted molar refractivity (Wildman–Crippen MR) is 144 cm³/mol. The molecule has 7 nitrogen and oxygen atoms in total. The van der Waals surface area contributed by atoms with Gasteiger partial charge in [-0.05, 0) is 33.5 Å². The Hall–Kier alpha value is -3.17. The largest absolute Gasteiger partial charge is 0.389 e. The van der Waals surface area contributed by atoms with Crippen LogP contribution < -0.4 is 4.90 Å². The average molecular weight is 518 g/mol. The Bertz CT molecular complexity index is 1520. The zero-order valence-electron chi connectivity index (χ0n) is 19.3. The molecule has 9 heteroatoms. The lowest BCUT2D eigenvalue weighted by Gasteiger charge is -2.25. The predicted octanol–water partition coefficient (Wildman–Crippen LogP) is 4.81. The minimum atomic E-state index is -0.916. The summed E-state index contributed by atoms with van der Waals surface area (Å²) in [5.74, 6) is 1.07. The van der Waals surface area contributed by atoms with Crippen LogP contribution in [0.15, 0.2) is 79.1 Å². The second-order valence-electron chi connectivity index (χ2n) is 8.90. The van der Waals surface area contributed by atoms with E-state index in [1.165, 1.54) is 22.5 Å². The first-order valence-corrected chi connectivity index (χ1v) is 13.1. The van der Waals surface area contributed by atoms with Gasteiger partial charge in [-0.3, -0.25) is 4.57 Å². The van der Waals surface area contributed by atoms with Gasteiger partial charge in [-0.15, -0.1) is 11.8 Å². The topological polar surface area (TPSA) is 87.3 Å². The van der Waals surface area contributed by atoms with Gasteiger partial charge in [0.15, 0.2) is 17.0 Å². The summed E-state index contributed by atoms with van der Waals surface area (Å²) in [6.07, 6.45) is -0.0626. The number of rotatable bonds is 6. The SMILES string of the molecule is O[C@@H]1[C@H](O)CS[C@H]1n1cnc2c(N(Cc3ccccc3)Cc3cccc4ccccc34)nc(Cl)nc21. The van der Waals surface area contributed by atoms with Crippen molar-refractivity contribution in [3.05, 3.63) is 95.5 Å². The molecule has 5 aromatic rings. The van der Waals surface area contributed by atoms with Crippen molar-refractivity contribution in [1.29, 1.82) is 0 Å². The second kappa shape index (κ2) is 9.71. The lowest BCUT2D eigenvalue weighted by Crippen LogP contribution is -2.27. The van der Waals surface area contributed by atoms with Gasteiger partial charge in [0.2, 0.25) is 5.28 Å². The van der Waals surface area contributed by atoms with Gasteiger partial charge >= 0.3 is 0 Å². The van der Waals surface area contributed by atoms with Crippen molar-refractivity contribution in [3.63, 3.8) is 0 Å². The number of halogens is 1. The fourth-order valence-electron chi connectivity index (χ4n) is 4.76. The molecule has 36 heavy (non-hydrogen) atoms. The quantitative estimate of drug-likeness (QED) is 0.313. The first-order chi connectivity index (χ1) is 17.6. The Kier molecular flexibility index (Phi) is 6.27. The molecule has 3 aromatic carbocycles. The van der Waals surface area contributed by atoms with E-state index in [1.54, 1.807) is 10.9 Å². The first-order valence-electron chi connectivity index (χ1n) is 11.7. The van der Waals surface area contributed by atoms with E-state index in [0.29, 0.717) is 35.8 Å². The second-order valence-corrected chi connectivity index (χ2v) is 10.4. The lowest BCUT2D eigenvalue weighted by atomic mass is 10.0. The van der Waals surface area contributed by atoms with Crippen LogP contribution >= 0.6 is 23.4 Å². The molecule has 0 spiro atoms. The van der Waals surface area contributed by atoms with Crippen LogP contribution in [0.2, 0.25) is 5.28 Å². The zero-order valence-corrected chi connectivity index (χ0v) is 20.8. The number of aromatic nitrogens is 4. The van der Waals surface area contributed by atoms with Gasteiger partial charge in [0, 0.05) is 18.8 Å². The molecule has 6 rings (SSSR count). The van der Waals surface area contributed by atoms with Crippen molar-refractivity contribution in [2.45, 2.75) is 30.7 Å². The molecule has 1 saturated heterocycles. The summed E-state index contributed by atoms with van der Waals surface area (Å²) >= 11 is 7.92. The molecule has 0 radical (unpaired) electrons. The normalized spacial score (nSPS) is 19.8. The van der Waals surface area contributed by atoms with E-state index in [2.05, 4.69) is 62.3 Å². The molecule has 0 unspecified atom stereocenters. The van der Waals surface area contributed by atoms with Crippen molar-refractivity contribution < 1.29 is 10.2 Å². The van der Waals surface area contributed by atoms with Crippen LogP contribution in [0, 0.1) is 0 Å². The van der Waals surface area contributed by atoms with Crippen molar-refractivity contribution in [1.82, 2.24) is 19.5 Å². The third kappa shape index (κ3) is 4.30. The highest BCUT2D eigenvalue weighted by Gasteiger charge is 2.37. The Morgan fingerprint density at radius 1 is 0.944 bits per heavy atom. The average Bonchev–Trinajstić information content (AvgIpc) is 3.46. The summed E-state index contributed by atoms with van der Waals surface area (Å²) < 4.78 is 1.79. The number of imidazole rings is 1. The lowest BCUT2D eigenvalue weighted by molar-refractivity contribution is 0.0313. The van der Waals surface area contributed by atoms with Gasteiger partial charge in [0.1, 0.15) is 11.5 Å². The molecule has 2 N–H and O–H groups in total. The number of fused-ring (bicyclic) bond motifs is 2. The standard InChI is InChI=1S/C27H24ClN5O2S/c28-27-30-24(22-25(31-27)33(16-29-22)26-23(35)21(34)15-36-26)32(13-17-7-2-1-3-8-17)14-19-11-6-10-18-9-4-5-12-20(18)19/h1-12,16,21,23,26,34-35H,13-15H2/t21-,23-,26-/m1/s1. The highest BCUT2D eigenvalue weighted by atomic mass is 35.5. The van der Waals surface area contributed by atoms with Gasteiger partial charge in [0.25, 0.3) is 0 Å². The molecule has 0 saturated carbocycles. The van der Waals surface area contributed by atoms with Crippen molar-refractivity contribution in [2.75, 3.05) is 10.7 Å². The van der Waals surface area contributed by atoms with E-state index in [1.807, 2.05) is 30.3 Å². The molecule has 0 amide bonds. The Balaban J connectivity index is 1.47. The Morgan fingerprint density at radius 3 is 2.53 bits per heavy atom. The van der Waals surface area contributed by atoms with Crippen LogP contribution in [0.25, 0.3) is 21.9 Å². The van der Waals surface area contributed by atoms with Crippen LogP contribution in [0.4, 0.5) is 5.82 Å². The molecule has 182 valence electrons. The van der Waals surface area contributed by atoms with Crippen LogP contribution in [-0.4, -0.2) is 47.7 Å². The number of aliphatic hydroxyl groups excluding tert-OH is 2. The minimum absolute atomic E-state index is 0.105. The molecule has 3 heterocycles. The summed E-state index contributed by atoms with van der Waals surface area (Å²) in [5.41, 5.74) is 3.43. The van der Waals surface area contributed by atoms with Crippen molar-refractivity contribution in [3.8, 4) is 0 Å². The number of nitrogens with zero attached hydrogens (tertiary/aromatic N) is 5. The highest BCUT2D eigenvalue weighted by Crippen LogP contribution is 2.39. The Morgan fingerprint density at radius 2 is 1.72 bits per heavy atom. The maximum Gasteiger partial charge on any atom is 0.226 e. The molecule has 2 aromatic heterocycles. The first kappa shape index (κ1) is 23.2. The van der Waals surface area contributed by atoms with E-state index in [-0.39, 0.29) is 5.28 Å². The molecule has 0 bridgehead atoms. The molecular formula is C27H24ClN5O2S. The monoisotopic (exact) mass is 517 g/mol. The number of hydrogen-bond acceptors (Lipinski definition) is 7. The van der Waals surface area contributed by atoms with Crippen molar-refractivity contribution >= 4 is 51.1 Å². The van der Waals surface area contributed by atoms with E-state index in [4.69, 9.17) is 11.6 Å². The summed E-state index contributed by atoms with van der Waals surface area (Å²) in [7, 11) is 0. The van der Waals surface area contributed by atoms with Gasteiger partial charge in [0.05, 0.1) is 12.4 Å². The number of thioether (sulfide) groups is 1. The fourth-order valence-corrected chi connectivity index (χ4v) is 6.20. The van der Waals surface area contributed by atoms with Gasteiger partial charge in [-0.1, -0.05) is 72.8 Å². The van der Waals surface area contributed by atoms with Gasteiger partial charge in [-0.25, -0.2) is 4.98 Å². The van der Waals surface area contributed by atoms with E-state index >= 15 is 0 Å². The molecule has 3 atom stereocenters. The molecular weight excluding hydrogens is 494 g/mol. The summed E-state index contributed by atoms with van der Waals surface area (Å²) in [5, 5.41) is 22.7. The Labute approximate surface area is 217 Å². The third-order valence-electron chi connectivity index (χ3n) is 6.53. The highest BCUT2D eigenvalue weighted by molar-refractivity contribution is 7.99. The summed E-state index contributed by atoms with van der Waals surface area (Å²) in [6.45, 7) is 1.18. The molecule has 0 aliphatic carbocycles. The van der Waals surface area contributed by atoms with Crippen molar-refractivity contribution in [2.24, 2.45) is 0 Å². The number of anilines is 1. The van der Waals surface area contributed by atoms with Gasteiger partial charge < -0.3 is 15.1 Å². The zero-order chi connectivity index (χ0) is 24.6. The smallest absolute Gasteiger partial charge is 0.226 e. The molecule has 1 aliphatic heterocycles. The number of benzene rings is 3. The fraction of sp³-hybridized carbons (Fsp3) is 0.222. The van der Waals surface area contributed by atoms with E-state index < -0.39 is 17.6 Å². The third-order valence-corrected chi connectivity index (χ3v) is 8.08. The maximum atomic E-state index is 10.5. The summed E-state index contributed by atoms with van der Waals surface area (Å²) in [4.78, 5) is 15.9. The minimum Gasteiger partial charge on any atom is -0.389 e. The van der Waals surface area contributed by atoms with Crippen LogP contribution in [0.3, 0.4) is 0 Å². The van der Waals surface area contributed by atoms with Crippen LogP contribution in [0.5, 0.6) is 0 Å². The van der Waals surface area contributed by atoms with Crippen LogP contribution in [0.1, 0.15) is 16.5 Å². The van der Waals surface area contributed by atoms with E-state index in [0.717, 1.165) is 11.1 Å². The number of hydrogen-bond donors (Lipinski definition) is 2. The maximum absolute atomic E-state index is 10.5. The van der Waals surface area contributed by atoms with Crippen LogP contribution in [-0.2, 0) is 13.1 Å². The van der Waals surface area contributed by atoms with Gasteiger partial charge in [-0.2, -0.15) is 9.97 Å².